The summed E-state index contributed by atoms with van der Waals surface area (Å²) in [4.78, 5) is 24.6. The van der Waals surface area contributed by atoms with E-state index < -0.39 is 5.41 Å². The summed E-state index contributed by atoms with van der Waals surface area (Å²) in [5, 5.41) is 9.02. The van der Waals surface area contributed by atoms with Gasteiger partial charge in [-0.25, -0.2) is 19.0 Å². The van der Waals surface area contributed by atoms with Crippen LogP contribution < -0.4 is 10.2 Å². The van der Waals surface area contributed by atoms with Crippen molar-refractivity contribution in [3.8, 4) is 5.69 Å². The van der Waals surface area contributed by atoms with Gasteiger partial charge in [0.05, 0.1) is 35.4 Å². The maximum absolute atomic E-state index is 14.0. The molecule has 2 atom stereocenters. The first-order chi connectivity index (χ1) is 18.4. The van der Waals surface area contributed by atoms with Gasteiger partial charge in [0.2, 0.25) is 5.91 Å². The van der Waals surface area contributed by atoms with Crippen LogP contribution in [0.2, 0.25) is 0 Å². The smallest absolute Gasteiger partial charge is 0.234 e. The highest BCUT2D eigenvalue weighted by Crippen LogP contribution is 2.47. The summed E-state index contributed by atoms with van der Waals surface area (Å²) < 4.78 is 15.2. The third-order valence-electron chi connectivity index (χ3n) is 7.28. The van der Waals surface area contributed by atoms with Crippen LogP contribution in [0, 0.1) is 11.2 Å². The number of anilines is 1. The second-order valence-corrected chi connectivity index (χ2v) is 10.1. The molecule has 1 N–H and O–H groups in total. The van der Waals surface area contributed by atoms with E-state index in [1.165, 1.54) is 12.1 Å². The van der Waals surface area contributed by atoms with Crippen LogP contribution in [-0.4, -0.2) is 31.7 Å². The highest BCUT2D eigenvalue weighted by Gasteiger charge is 2.54. The number of nitrogens with zero attached hydrogens (tertiary/aromatic N) is 5. The third-order valence-corrected chi connectivity index (χ3v) is 7.28. The Morgan fingerprint density at radius 3 is 2.37 bits per heavy atom. The van der Waals surface area contributed by atoms with E-state index in [4.69, 9.17) is 0 Å². The summed E-state index contributed by atoms with van der Waals surface area (Å²) in [7, 11) is 0. The fourth-order valence-corrected chi connectivity index (χ4v) is 5.33. The van der Waals surface area contributed by atoms with E-state index in [9.17, 15) is 9.18 Å². The van der Waals surface area contributed by atoms with Crippen molar-refractivity contribution >= 4 is 22.5 Å². The zero-order chi connectivity index (χ0) is 26.3. The van der Waals surface area contributed by atoms with Gasteiger partial charge in [0.25, 0.3) is 0 Å². The van der Waals surface area contributed by atoms with Crippen LogP contribution in [0.4, 0.5) is 10.1 Å². The van der Waals surface area contributed by atoms with E-state index in [1.54, 1.807) is 41.5 Å². The SMILES string of the molecule is CC1(C)C(=O)N(c2ccc3c(cnn3-c3ccc(F)cc3)c2)[C@H](c2ccccc2)[C@H]1NCc1ncccn1. The molecule has 0 saturated carbocycles. The molecule has 190 valence electrons. The van der Waals surface area contributed by atoms with Gasteiger partial charge in [-0.05, 0) is 67.9 Å². The van der Waals surface area contributed by atoms with E-state index in [0.717, 1.165) is 27.8 Å². The Labute approximate surface area is 220 Å². The van der Waals surface area contributed by atoms with Gasteiger partial charge < -0.3 is 10.2 Å². The second kappa shape index (κ2) is 9.46. The summed E-state index contributed by atoms with van der Waals surface area (Å²) >= 11 is 0. The Morgan fingerprint density at radius 2 is 1.63 bits per heavy atom. The molecule has 0 spiro atoms. The lowest BCUT2D eigenvalue weighted by molar-refractivity contribution is -0.124. The van der Waals surface area contributed by atoms with Gasteiger partial charge >= 0.3 is 0 Å². The topological polar surface area (TPSA) is 75.9 Å². The first kappa shape index (κ1) is 23.9. The molecule has 0 unspecified atom stereocenters. The van der Waals surface area contributed by atoms with E-state index in [-0.39, 0.29) is 23.8 Å². The molecule has 38 heavy (non-hydrogen) atoms. The zero-order valence-corrected chi connectivity index (χ0v) is 21.1. The minimum Gasteiger partial charge on any atom is -0.304 e. The Balaban J connectivity index is 1.40. The van der Waals surface area contributed by atoms with Crippen molar-refractivity contribution in [2.24, 2.45) is 5.41 Å². The molecule has 5 aromatic rings. The van der Waals surface area contributed by atoms with Crippen molar-refractivity contribution < 1.29 is 9.18 Å². The highest BCUT2D eigenvalue weighted by molar-refractivity contribution is 6.03. The number of rotatable bonds is 6. The maximum atomic E-state index is 14.0. The molecule has 1 fully saturated rings. The summed E-state index contributed by atoms with van der Waals surface area (Å²) in [6, 6.07) is 23.6. The lowest BCUT2D eigenvalue weighted by atomic mass is 9.82. The predicted molar refractivity (Wildman–Crippen MR) is 144 cm³/mol. The predicted octanol–water partition coefficient (Wildman–Crippen LogP) is 5.23. The van der Waals surface area contributed by atoms with E-state index in [2.05, 4.69) is 32.5 Å². The van der Waals surface area contributed by atoms with Gasteiger partial charge in [0.15, 0.2) is 0 Å². The van der Waals surface area contributed by atoms with Crippen molar-refractivity contribution in [1.29, 1.82) is 0 Å². The molecule has 1 aliphatic rings. The molecular formula is C30H27FN6O. The molecule has 0 radical (unpaired) electrons. The van der Waals surface area contributed by atoms with Crippen LogP contribution in [0.25, 0.3) is 16.6 Å². The number of amides is 1. The Hall–Kier alpha value is -4.43. The lowest BCUT2D eigenvalue weighted by Crippen LogP contribution is -2.43. The highest BCUT2D eigenvalue weighted by atomic mass is 19.1. The van der Waals surface area contributed by atoms with Crippen molar-refractivity contribution in [1.82, 2.24) is 25.1 Å². The number of hydrogen-bond donors (Lipinski definition) is 1. The number of benzene rings is 3. The van der Waals surface area contributed by atoms with Crippen LogP contribution in [0.15, 0.2) is 97.5 Å². The maximum Gasteiger partial charge on any atom is 0.234 e. The number of fused-ring (bicyclic) bond motifs is 1. The molecule has 6 rings (SSSR count). The molecule has 8 heteroatoms. The minimum absolute atomic E-state index is 0.0307. The summed E-state index contributed by atoms with van der Waals surface area (Å²) in [5.74, 6) is 0.412. The number of carbonyl (C=O) groups excluding carboxylic acids is 1. The summed E-state index contributed by atoms with van der Waals surface area (Å²) in [6.45, 7) is 4.42. The molecule has 1 aliphatic heterocycles. The van der Waals surface area contributed by atoms with Gasteiger partial charge in [-0.2, -0.15) is 5.10 Å². The van der Waals surface area contributed by atoms with Crippen molar-refractivity contribution in [2.45, 2.75) is 32.5 Å². The number of nitrogens with one attached hydrogen (secondary N) is 1. The van der Waals surface area contributed by atoms with Crippen molar-refractivity contribution in [2.75, 3.05) is 4.90 Å². The van der Waals surface area contributed by atoms with E-state index in [1.807, 2.05) is 55.1 Å². The molecule has 7 nitrogen and oxygen atoms in total. The average molecular weight is 507 g/mol. The van der Waals surface area contributed by atoms with Crippen molar-refractivity contribution in [3.63, 3.8) is 0 Å². The van der Waals surface area contributed by atoms with E-state index in [0.29, 0.717) is 12.4 Å². The summed E-state index contributed by atoms with van der Waals surface area (Å²) in [6.07, 6.45) is 5.21. The molecular weight excluding hydrogens is 479 g/mol. The molecule has 0 bridgehead atoms. The average Bonchev–Trinajstić information content (AvgIpc) is 3.45. The first-order valence-electron chi connectivity index (χ1n) is 12.5. The molecule has 2 aromatic heterocycles. The number of aromatic nitrogens is 4. The Bertz CT molecular complexity index is 1580. The van der Waals surface area contributed by atoms with Gasteiger partial charge in [-0.15, -0.1) is 0 Å². The van der Waals surface area contributed by atoms with Gasteiger partial charge in [0.1, 0.15) is 11.6 Å². The van der Waals surface area contributed by atoms with Crippen molar-refractivity contribution in [3.05, 3.63) is 115 Å². The minimum atomic E-state index is -0.692. The lowest BCUT2D eigenvalue weighted by Gasteiger charge is -2.31. The van der Waals surface area contributed by atoms with E-state index >= 15 is 0 Å². The van der Waals surface area contributed by atoms with Crippen LogP contribution in [0.1, 0.15) is 31.3 Å². The van der Waals surface area contributed by atoms with Gasteiger partial charge in [-0.1, -0.05) is 30.3 Å². The monoisotopic (exact) mass is 506 g/mol. The molecule has 3 aromatic carbocycles. The Kier molecular flexibility index (Phi) is 5.96. The largest absolute Gasteiger partial charge is 0.304 e. The molecule has 1 amide bonds. The molecule has 0 aliphatic carbocycles. The zero-order valence-electron chi connectivity index (χ0n) is 21.1. The fourth-order valence-electron chi connectivity index (χ4n) is 5.33. The molecule has 1 saturated heterocycles. The van der Waals surface area contributed by atoms with Gasteiger partial charge in [0, 0.05) is 29.5 Å². The third kappa shape index (κ3) is 4.13. The fraction of sp³-hybridized carbons (Fsp3) is 0.200. The van der Waals surface area contributed by atoms with Crippen LogP contribution in [0.3, 0.4) is 0 Å². The standard InChI is InChI=1S/C30H27FN6O/c1-30(2)28(34-19-26-32-15-6-16-33-26)27(20-7-4-3-5-8-20)36(29(30)38)24-13-14-25-21(17-24)18-35-37(25)23-11-9-22(31)10-12-23/h3-18,27-28,34H,19H2,1-2H3/t27-,28-/m1/s1. The first-order valence-corrected chi connectivity index (χ1v) is 12.5. The second-order valence-electron chi connectivity index (χ2n) is 10.1. The number of halogens is 1. The van der Waals surface area contributed by atoms with Crippen LogP contribution >= 0.6 is 0 Å². The molecule has 3 heterocycles. The number of hydrogen-bond acceptors (Lipinski definition) is 5. The Morgan fingerprint density at radius 1 is 0.921 bits per heavy atom. The quantitative estimate of drug-likeness (QED) is 0.341. The van der Waals surface area contributed by atoms with Crippen LogP contribution in [0.5, 0.6) is 0 Å². The van der Waals surface area contributed by atoms with Gasteiger partial charge in [-0.3, -0.25) is 4.79 Å². The van der Waals surface area contributed by atoms with Crippen LogP contribution in [-0.2, 0) is 11.3 Å². The number of carbonyl (C=O) groups is 1. The summed E-state index contributed by atoms with van der Waals surface area (Å²) in [5.41, 5.74) is 2.78. The normalized spacial score (nSPS) is 18.8.